The summed E-state index contributed by atoms with van der Waals surface area (Å²) in [5.74, 6) is 1.49. The molecule has 2 rings (SSSR count). The van der Waals surface area contributed by atoms with E-state index < -0.39 is 0 Å². The van der Waals surface area contributed by atoms with Crippen LogP contribution in [-0.2, 0) is 4.74 Å². The maximum absolute atomic E-state index is 5.81. The summed E-state index contributed by atoms with van der Waals surface area (Å²) in [4.78, 5) is 0. The van der Waals surface area contributed by atoms with Gasteiger partial charge in [-0.05, 0) is 26.2 Å². The first-order valence-corrected chi connectivity index (χ1v) is 6.55. The number of hydrogen-bond donors (Lipinski definition) is 1. The van der Waals surface area contributed by atoms with Gasteiger partial charge in [0.2, 0.25) is 0 Å². The van der Waals surface area contributed by atoms with E-state index in [-0.39, 0.29) is 6.10 Å². The molecule has 0 aromatic heterocycles. The van der Waals surface area contributed by atoms with Crippen LogP contribution >= 0.6 is 0 Å². The highest BCUT2D eigenvalue weighted by atomic mass is 16.5. The first kappa shape index (κ1) is 13.0. The molecule has 0 radical (unpaired) electrons. The fourth-order valence-electron chi connectivity index (χ4n) is 2.06. The highest BCUT2D eigenvalue weighted by Crippen LogP contribution is 2.25. The highest BCUT2D eigenvalue weighted by Gasteiger charge is 2.14. The Morgan fingerprint density at radius 2 is 2.00 bits per heavy atom. The third kappa shape index (κ3) is 3.81. The first-order valence-electron chi connectivity index (χ1n) is 6.55. The molecule has 0 saturated carbocycles. The fourth-order valence-corrected chi connectivity index (χ4v) is 2.06. The summed E-state index contributed by atoms with van der Waals surface area (Å²) in [6.45, 7) is 3.98. The number of anilines is 1. The second-order valence-electron chi connectivity index (χ2n) is 4.47. The Morgan fingerprint density at radius 3 is 2.67 bits per heavy atom. The molecule has 2 N–H and O–H groups in total. The number of rotatable bonds is 5. The predicted octanol–water partition coefficient (Wildman–Crippen LogP) is 2.62. The molecule has 1 fully saturated rings. The standard InChI is InChI=1S/C14H21NO3/c1-2-16-13-7-11(15)8-14(9-13)18-10-12-5-3-4-6-17-12/h7-9,12H,2-6,10,15H2,1H3. The van der Waals surface area contributed by atoms with Gasteiger partial charge in [0.1, 0.15) is 18.1 Å². The quantitative estimate of drug-likeness (QED) is 0.817. The van der Waals surface area contributed by atoms with Crippen LogP contribution in [0, 0.1) is 0 Å². The van der Waals surface area contributed by atoms with Crippen molar-refractivity contribution in [1.29, 1.82) is 0 Å². The highest BCUT2D eigenvalue weighted by molar-refractivity contribution is 5.50. The Morgan fingerprint density at radius 1 is 1.22 bits per heavy atom. The van der Waals surface area contributed by atoms with E-state index in [1.165, 1.54) is 6.42 Å². The van der Waals surface area contributed by atoms with Crippen molar-refractivity contribution in [2.75, 3.05) is 25.6 Å². The van der Waals surface area contributed by atoms with Crippen molar-refractivity contribution in [3.63, 3.8) is 0 Å². The molecular formula is C14H21NO3. The van der Waals surface area contributed by atoms with Crippen molar-refractivity contribution in [2.45, 2.75) is 32.3 Å². The van der Waals surface area contributed by atoms with Crippen molar-refractivity contribution < 1.29 is 14.2 Å². The van der Waals surface area contributed by atoms with Gasteiger partial charge >= 0.3 is 0 Å². The SMILES string of the molecule is CCOc1cc(N)cc(OCC2CCCCO2)c1. The Hall–Kier alpha value is -1.42. The van der Waals surface area contributed by atoms with Gasteiger partial charge in [-0.3, -0.25) is 0 Å². The van der Waals surface area contributed by atoms with Crippen molar-refractivity contribution in [3.05, 3.63) is 18.2 Å². The van der Waals surface area contributed by atoms with Crippen LogP contribution in [0.2, 0.25) is 0 Å². The molecule has 1 heterocycles. The molecule has 1 aliphatic rings. The Balaban J connectivity index is 1.91. The van der Waals surface area contributed by atoms with Gasteiger partial charge in [-0.15, -0.1) is 0 Å². The molecule has 4 nitrogen and oxygen atoms in total. The summed E-state index contributed by atoms with van der Waals surface area (Å²) in [6.07, 6.45) is 3.65. The second kappa shape index (κ2) is 6.50. The molecule has 1 aromatic rings. The molecule has 100 valence electrons. The van der Waals surface area contributed by atoms with Crippen LogP contribution < -0.4 is 15.2 Å². The van der Waals surface area contributed by atoms with Crippen molar-refractivity contribution in [1.82, 2.24) is 0 Å². The minimum atomic E-state index is 0.204. The summed E-state index contributed by atoms with van der Waals surface area (Å²) in [5, 5.41) is 0. The number of hydrogen-bond acceptors (Lipinski definition) is 4. The predicted molar refractivity (Wildman–Crippen MR) is 71.1 cm³/mol. The van der Waals surface area contributed by atoms with Crippen molar-refractivity contribution in [3.8, 4) is 11.5 Å². The average molecular weight is 251 g/mol. The average Bonchev–Trinajstić information content (AvgIpc) is 2.37. The lowest BCUT2D eigenvalue weighted by atomic mass is 10.1. The van der Waals surface area contributed by atoms with Crippen LogP contribution in [0.3, 0.4) is 0 Å². The van der Waals surface area contributed by atoms with Gasteiger partial charge < -0.3 is 19.9 Å². The van der Waals surface area contributed by atoms with Gasteiger partial charge in [0.15, 0.2) is 0 Å². The molecule has 0 amide bonds. The van der Waals surface area contributed by atoms with Gasteiger partial charge in [0.05, 0.1) is 12.7 Å². The van der Waals surface area contributed by atoms with Crippen LogP contribution in [-0.4, -0.2) is 25.9 Å². The smallest absolute Gasteiger partial charge is 0.125 e. The summed E-state index contributed by atoms with van der Waals surface area (Å²) in [5.41, 5.74) is 6.46. The third-order valence-electron chi connectivity index (χ3n) is 2.92. The molecule has 0 spiro atoms. The van der Waals surface area contributed by atoms with Gasteiger partial charge in [-0.25, -0.2) is 0 Å². The Bertz CT molecular complexity index is 375. The van der Waals surface area contributed by atoms with Gasteiger partial charge in [-0.2, -0.15) is 0 Å². The zero-order valence-electron chi connectivity index (χ0n) is 10.9. The van der Waals surface area contributed by atoms with E-state index in [1.54, 1.807) is 6.07 Å². The van der Waals surface area contributed by atoms with E-state index in [9.17, 15) is 0 Å². The van der Waals surface area contributed by atoms with Crippen molar-refractivity contribution in [2.24, 2.45) is 0 Å². The van der Waals surface area contributed by atoms with E-state index >= 15 is 0 Å². The van der Waals surface area contributed by atoms with Crippen molar-refractivity contribution >= 4 is 5.69 Å². The fraction of sp³-hybridized carbons (Fsp3) is 0.571. The lowest BCUT2D eigenvalue weighted by Gasteiger charge is -2.22. The zero-order chi connectivity index (χ0) is 12.8. The summed E-state index contributed by atoms with van der Waals surface area (Å²) >= 11 is 0. The molecule has 0 aliphatic carbocycles. The number of benzene rings is 1. The third-order valence-corrected chi connectivity index (χ3v) is 2.92. The molecule has 4 heteroatoms. The van der Waals surface area contributed by atoms with Gasteiger partial charge in [0, 0.05) is 30.5 Å². The van der Waals surface area contributed by atoms with Crippen LogP contribution in [0.4, 0.5) is 5.69 Å². The molecule has 1 aromatic carbocycles. The lowest BCUT2D eigenvalue weighted by Crippen LogP contribution is -2.25. The molecule has 18 heavy (non-hydrogen) atoms. The summed E-state index contributed by atoms with van der Waals surface area (Å²) in [6, 6.07) is 5.47. The summed E-state index contributed by atoms with van der Waals surface area (Å²) in [7, 11) is 0. The Kier molecular flexibility index (Phi) is 4.70. The largest absolute Gasteiger partial charge is 0.494 e. The minimum Gasteiger partial charge on any atom is -0.494 e. The van der Waals surface area contributed by atoms with E-state index in [1.807, 2.05) is 19.1 Å². The normalized spacial score (nSPS) is 19.5. The van der Waals surface area contributed by atoms with Gasteiger partial charge in [0.25, 0.3) is 0 Å². The van der Waals surface area contributed by atoms with E-state index in [4.69, 9.17) is 19.9 Å². The second-order valence-corrected chi connectivity index (χ2v) is 4.47. The van der Waals surface area contributed by atoms with Crippen LogP contribution in [0.5, 0.6) is 11.5 Å². The molecular weight excluding hydrogens is 230 g/mol. The van der Waals surface area contributed by atoms with Crippen LogP contribution in [0.25, 0.3) is 0 Å². The summed E-state index contributed by atoms with van der Waals surface area (Å²) < 4.78 is 16.8. The number of nitrogen functional groups attached to an aromatic ring is 1. The topological polar surface area (TPSA) is 53.7 Å². The minimum absolute atomic E-state index is 0.204. The number of nitrogens with two attached hydrogens (primary N) is 1. The van der Waals surface area contributed by atoms with E-state index in [2.05, 4.69) is 0 Å². The monoisotopic (exact) mass is 251 g/mol. The first-order chi connectivity index (χ1) is 8.78. The maximum Gasteiger partial charge on any atom is 0.125 e. The van der Waals surface area contributed by atoms with E-state index in [0.29, 0.717) is 18.9 Å². The van der Waals surface area contributed by atoms with E-state index in [0.717, 1.165) is 30.9 Å². The molecule has 1 aliphatic heterocycles. The molecule has 1 saturated heterocycles. The van der Waals surface area contributed by atoms with Crippen LogP contribution in [0.15, 0.2) is 18.2 Å². The number of ether oxygens (including phenoxy) is 3. The lowest BCUT2D eigenvalue weighted by molar-refractivity contribution is -0.0111. The molecule has 1 unspecified atom stereocenters. The van der Waals surface area contributed by atoms with Crippen LogP contribution in [0.1, 0.15) is 26.2 Å². The Labute approximate surface area is 108 Å². The molecule has 0 bridgehead atoms. The zero-order valence-corrected chi connectivity index (χ0v) is 10.9. The maximum atomic E-state index is 5.81. The van der Waals surface area contributed by atoms with Gasteiger partial charge in [-0.1, -0.05) is 0 Å². The molecule has 1 atom stereocenters.